The van der Waals surface area contributed by atoms with Crippen molar-refractivity contribution in [3.05, 3.63) is 76.8 Å². The van der Waals surface area contributed by atoms with E-state index in [0.29, 0.717) is 31.6 Å². The average Bonchev–Trinajstić information content (AvgIpc) is 2.74. The Hall–Kier alpha value is -3.48. The Labute approximate surface area is 161 Å². The molecule has 4 rings (SSSR count). The number of piperidine rings is 1. The number of hydrogen-bond donors (Lipinski definition) is 1. The van der Waals surface area contributed by atoms with Gasteiger partial charge in [0.15, 0.2) is 0 Å². The zero-order chi connectivity index (χ0) is 19.5. The summed E-state index contributed by atoms with van der Waals surface area (Å²) < 4.78 is 1.37. The second kappa shape index (κ2) is 7.64. The van der Waals surface area contributed by atoms with E-state index in [4.69, 9.17) is 0 Å². The van der Waals surface area contributed by atoms with Crippen molar-refractivity contribution < 1.29 is 9.59 Å². The van der Waals surface area contributed by atoms with Crippen molar-refractivity contribution in [3.63, 3.8) is 0 Å². The Morgan fingerprint density at radius 3 is 2.46 bits per heavy atom. The van der Waals surface area contributed by atoms with E-state index < -0.39 is 0 Å². The first kappa shape index (κ1) is 17.9. The third-order valence-corrected chi connectivity index (χ3v) is 5.04. The molecule has 0 atom stereocenters. The molecule has 7 nitrogen and oxygen atoms in total. The summed E-state index contributed by atoms with van der Waals surface area (Å²) in [5.74, 6) is -0.525. The number of hydrogen-bond acceptors (Lipinski definition) is 4. The largest absolute Gasteiger partial charge is 0.338 e. The summed E-state index contributed by atoms with van der Waals surface area (Å²) in [6.45, 7) is 0.866. The van der Waals surface area contributed by atoms with Crippen molar-refractivity contribution in [2.24, 2.45) is 5.92 Å². The first-order chi connectivity index (χ1) is 13.6. The number of pyridine rings is 1. The van der Waals surface area contributed by atoms with Gasteiger partial charge in [-0.15, -0.1) is 0 Å². The minimum Gasteiger partial charge on any atom is -0.338 e. The molecule has 2 aromatic heterocycles. The molecule has 1 aromatic carbocycles. The number of likely N-dealkylation sites (tertiary alicyclic amines) is 1. The highest BCUT2D eigenvalue weighted by Crippen LogP contribution is 2.20. The minimum atomic E-state index is -0.375. The zero-order valence-corrected chi connectivity index (χ0v) is 15.2. The van der Waals surface area contributed by atoms with Crippen molar-refractivity contribution in [3.8, 4) is 0 Å². The number of rotatable bonds is 3. The normalized spacial score (nSPS) is 14.8. The van der Waals surface area contributed by atoms with Gasteiger partial charge in [0.05, 0.1) is 0 Å². The molecular formula is C21H20N4O3. The lowest BCUT2D eigenvalue weighted by atomic mass is 9.95. The van der Waals surface area contributed by atoms with Gasteiger partial charge >= 0.3 is 0 Å². The van der Waals surface area contributed by atoms with Crippen LogP contribution in [0.4, 0.5) is 5.69 Å². The number of para-hydroxylation sites is 1. The van der Waals surface area contributed by atoms with Crippen molar-refractivity contribution in [1.29, 1.82) is 0 Å². The van der Waals surface area contributed by atoms with Crippen LogP contribution in [0, 0.1) is 5.92 Å². The van der Waals surface area contributed by atoms with Gasteiger partial charge < -0.3 is 10.2 Å². The smallest absolute Gasteiger partial charge is 0.270 e. The maximum Gasteiger partial charge on any atom is 0.270 e. The number of amides is 2. The fraction of sp³-hybridized carbons (Fsp3) is 0.238. The van der Waals surface area contributed by atoms with Crippen LogP contribution in [-0.4, -0.2) is 39.2 Å². The van der Waals surface area contributed by atoms with Crippen molar-refractivity contribution in [1.82, 2.24) is 14.3 Å². The molecule has 28 heavy (non-hydrogen) atoms. The van der Waals surface area contributed by atoms with Gasteiger partial charge in [0, 0.05) is 37.1 Å². The lowest BCUT2D eigenvalue weighted by Crippen LogP contribution is -2.43. The van der Waals surface area contributed by atoms with Crippen LogP contribution in [0.3, 0.4) is 0 Å². The highest BCUT2D eigenvalue weighted by Gasteiger charge is 2.29. The molecule has 0 bridgehead atoms. The van der Waals surface area contributed by atoms with Crippen LogP contribution in [0.15, 0.2) is 65.7 Å². The highest BCUT2D eigenvalue weighted by molar-refractivity contribution is 5.95. The summed E-state index contributed by atoms with van der Waals surface area (Å²) in [6, 6.07) is 14.5. The van der Waals surface area contributed by atoms with Crippen molar-refractivity contribution in [2.45, 2.75) is 12.8 Å². The molecule has 3 aromatic rings. The van der Waals surface area contributed by atoms with Crippen LogP contribution >= 0.6 is 0 Å². The van der Waals surface area contributed by atoms with Crippen LogP contribution in [0.1, 0.15) is 23.2 Å². The number of carbonyl (C=O) groups excluding carboxylic acids is 2. The summed E-state index contributed by atoms with van der Waals surface area (Å²) >= 11 is 0. The highest BCUT2D eigenvalue weighted by atomic mass is 16.2. The monoisotopic (exact) mass is 376 g/mol. The molecule has 0 spiro atoms. The van der Waals surface area contributed by atoms with Crippen molar-refractivity contribution >= 4 is 23.1 Å². The van der Waals surface area contributed by atoms with Crippen LogP contribution in [0.5, 0.6) is 0 Å². The number of nitrogens with zero attached hydrogens (tertiary/aromatic N) is 3. The second-order valence-electron chi connectivity index (χ2n) is 6.83. The molecule has 1 aliphatic heterocycles. The molecule has 7 heteroatoms. The van der Waals surface area contributed by atoms with Crippen LogP contribution in [0.2, 0.25) is 0 Å². The van der Waals surface area contributed by atoms with E-state index in [-0.39, 0.29) is 28.9 Å². The third kappa shape index (κ3) is 3.51. The standard InChI is InChI=1S/C21H20N4O3/c26-19(23-16-6-2-1-3-7-16)15-9-12-24(13-10-15)20(27)17-14-22-18-8-4-5-11-25(18)21(17)28/h1-8,11,14-15H,9-10,12-13H2,(H,23,26). The van der Waals surface area contributed by atoms with Gasteiger partial charge in [0.25, 0.3) is 11.5 Å². The molecule has 0 aliphatic carbocycles. The molecule has 3 heterocycles. The molecule has 2 amide bonds. The first-order valence-electron chi connectivity index (χ1n) is 9.25. The number of carbonyl (C=O) groups is 2. The molecular weight excluding hydrogens is 356 g/mol. The Balaban J connectivity index is 1.42. The first-order valence-corrected chi connectivity index (χ1v) is 9.25. The van der Waals surface area contributed by atoms with E-state index in [9.17, 15) is 14.4 Å². The molecule has 1 aliphatic rings. The number of anilines is 1. The van der Waals surface area contributed by atoms with E-state index in [1.54, 1.807) is 29.3 Å². The Morgan fingerprint density at radius 2 is 1.71 bits per heavy atom. The fourth-order valence-electron chi connectivity index (χ4n) is 3.45. The van der Waals surface area contributed by atoms with Gasteiger partial charge in [-0.05, 0) is 37.1 Å². The minimum absolute atomic E-state index is 0.0364. The molecule has 1 N–H and O–H groups in total. The topological polar surface area (TPSA) is 83.8 Å². The predicted molar refractivity (Wildman–Crippen MR) is 105 cm³/mol. The fourth-order valence-corrected chi connectivity index (χ4v) is 3.45. The van der Waals surface area contributed by atoms with Crippen LogP contribution in [0.25, 0.3) is 5.65 Å². The quantitative estimate of drug-likeness (QED) is 0.759. The average molecular weight is 376 g/mol. The maximum absolute atomic E-state index is 12.8. The van der Waals surface area contributed by atoms with E-state index in [1.165, 1.54) is 10.6 Å². The lowest BCUT2D eigenvalue weighted by molar-refractivity contribution is -0.121. The number of nitrogens with one attached hydrogen (secondary N) is 1. The van der Waals surface area contributed by atoms with Gasteiger partial charge in [-0.2, -0.15) is 0 Å². The Morgan fingerprint density at radius 1 is 1.00 bits per heavy atom. The van der Waals surface area contributed by atoms with Crippen LogP contribution in [-0.2, 0) is 4.79 Å². The summed E-state index contributed by atoms with van der Waals surface area (Å²) in [4.78, 5) is 43.7. The third-order valence-electron chi connectivity index (χ3n) is 5.04. The van der Waals surface area contributed by atoms with E-state index in [2.05, 4.69) is 10.3 Å². The summed E-state index contributed by atoms with van der Waals surface area (Å²) in [6.07, 6.45) is 4.06. The SMILES string of the molecule is O=C(Nc1ccccc1)C1CCN(C(=O)c2cnc3ccccn3c2=O)CC1. The maximum atomic E-state index is 12.8. The van der Waals surface area contributed by atoms with Crippen molar-refractivity contribution in [2.75, 3.05) is 18.4 Å². The number of aromatic nitrogens is 2. The van der Waals surface area contributed by atoms with E-state index in [1.807, 2.05) is 30.3 Å². The number of benzene rings is 1. The Bertz CT molecular complexity index is 1070. The zero-order valence-electron chi connectivity index (χ0n) is 15.2. The van der Waals surface area contributed by atoms with E-state index >= 15 is 0 Å². The summed E-state index contributed by atoms with van der Waals surface area (Å²) in [5.41, 5.74) is 0.942. The second-order valence-corrected chi connectivity index (χ2v) is 6.83. The van der Waals surface area contributed by atoms with Gasteiger partial charge in [0.1, 0.15) is 11.2 Å². The number of fused-ring (bicyclic) bond motifs is 1. The van der Waals surface area contributed by atoms with E-state index in [0.717, 1.165) is 5.69 Å². The predicted octanol–water partition coefficient (Wildman–Crippen LogP) is 2.19. The molecule has 1 saturated heterocycles. The van der Waals surface area contributed by atoms with Crippen LogP contribution < -0.4 is 10.9 Å². The lowest BCUT2D eigenvalue weighted by Gasteiger charge is -2.31. The van der Waals surface area contributed by atoms with Gasteiger partial charge in [-0.25, -0.2) is 4.98 Å². The summed E-state index contributed by atoms with van der Waals surface area (Å²) in [5, 5.41) is 2.91. The molecule has 0 unspecified atom stereocenters. The molecule has 1 fully saturated rings. The molecule has 142 valence electrons. The van der Waals surface area contributed by atoms with Gasteiger partial charge in [-0.1, -0.05) is 24.3 Å². The van der Waals surface area contributed by atoms with Gasteiger partial charge in [0.2, 0.25) is 5.91 Å². The Kier molecular flexibility index (Phi) is 4.89. The molecule has 0 saturated carbocycles. The molecule has 0 radical (unpaired) electrons. The van der Waals surface area contributed by atoms with Gasteiger partial charge in [-0.3, -0.25) is 18.8 Å². The summed E-state index contributed by atoms with van der Waals surface area (Å²) in [7, 11) is 0.